The first-order chi connectivity index (χ1) is 3.72. The highest BCUT2D eigenvalue weighted by Gasteiger charge is 2.27. The summed E-state index contributed by atoms with van der Waals surface area (Å²) in [7, 11) is 0. The van der Waals surface area contributed by atoms with Gasteiger partial charge in [0.05, 0.1) is 12.1 Å². The smallest absolute Gasteiger partial charge is 0.0729 e. The molecule has 0 aliphatic carbocycles. The SMILES string of the molecule is CC1C(O)CCN1O. The largest absolute Gasteiger partial charge is 0.391 e. The molecule has 0 aromatic rings. The summed E-state index contributed by atoms with van der Waals surface area (Å²) in [6.07, 6.45) is 0.359. The molecule has 3 heteroatoms. The van der Waals surface area contributed by atoms with E-state index in [-0.39, 0.29) is 12.1 Å². The van der Waals surface area contributed by atoms with E-state index in [1.165, 1.54) is 5.06 Å². The van der Waals surface area contributed by atoms with Crippen molar-refractivity contribution in [3.8, 4) is 0 Å². The Balaban J connectivity index is 2.44. The minimum atomic E-state index is -0.333. The summed E-state index contributed by atoms with van der Waals surface area (Å²) in [6, 6.07) is -0.0741. The van der Waals surface area contributed by atoms with Crippen molar-refractivity contribution in [3.63, 3.8) is 0 Å². The molecule has 0 aromatic heterocycles. The van der Waals surface area contributed by atoms with Gasteiger partial charge in [-0.15, -0.1) is 0 Å². The van der Waals surface area contributed by atoms with Crippen LogP contribution in [-0.2, 0) is 0 Å². The Morgan fingerprint density at radius 2 is 2.25 bits per heavy atom. The van der Waals surface area contributed by atoms with Crippen LogP contribution >= 0.6 is 0 Å². The van der Waals surface area contributed by atoms with E-state index in [1.807, 2.05) is 0 Å². The zero-order valence-electron chi connectivity index (χ0n) is 4.91. The van der Waals surface area contributed by atoms with Gasteiger partial charge in [0.15, 0.2) is 0 Å². The third kappa shape index (κ3) is 0.844. The average Bonchev–Trinajstić information content (AvgIpc) is 1.98. The normalized spacial score (nSPS) is 40.9. The molecule has 3 nitrogen and oxygen atoms in total. The van der Waals surface area contributed by atoms with Crippen LogP contribution in [0.25, 0.3) is 0 Å². The van der Waals surface area contributed by atoms with Gasteiger partial charge in [-0.05, 0) is 13.3 Å². The van der Waals surface area contributed by atoms with Crippen molar-refractivity contribution in [2.45, 2.75) is 25.5 Å². The molecule has 1 aliphatic rings. The lowest BCUT2D eigenvalue weighted by molar-refractivity contribution is -0.110. The molecule has 48 valence electrons. The Labute approximate surface area is 48.5 Å². The number of rotatable bonds is 0. The lowest BCUT2D eigenvalue weighted by atomic mass is 10.2. The van der Waals surface area contributed by atoms with E-state index in [0.717, 1.165) is 0 Å². The van der Waals surface area contributed by atoms with E-state index in [4.69, 9.17) is 10.3 Å². The number of hydrogen-bond acceptors (Lipinski definition) is 3. The third-order valence-electron chi connectivity index (χ3n) is 1.68. The quantitative estimate of drug-likeness (QED) is 0.463. The van der Waals surface area contributed by atoms with E-state index in [1.54, 1.807) is 6.92 Å². The zero-order chi connectivity index (χ0) is 6.15. The van der Waals surface area contributed by atoms with Crippen LogP contribution in [0.4, 0.5) is 0 Å². The molecule has 8 heavy (non-hydrogen) atoms. The predicted molar refractivity (Wildman–Crippen MR) is 28.6 cm³/mol. The fraction of sp³-hybridized carbons (Fsp3) is 1.00. The molecular formula is C5H11NO2. The maximum atomic E-state index is 8.97. The van der Waals surface area contributed by atoms with Crippen molar-refractivity contribution in [2.24, 2.45) is 0 Å². The number of hydroxylamine groups is 2. The number of aliphatic hydroxyl groups excluding tert-OH is 1. The molecule has 0 bridgehead atoms. The minimum Gasteiger partial charge on any atom is -0.391 e. The van der Waals surface area contributed by atoms with Crippen LogP contribution in [0, 0.1) is 0 Å². The third-order valence-corrected chi connectivity index (χ3v) is 1.68. The van der Waals surface area contributed by atoms with Crippen LogP contribution in [-0.4, -0.2) is 34.1 Å². The molecule has 1 saturated heterocycles. The van der Waals surface area contributed by atoms with Crippen LogP contribution in [0.15, 0.2) is 0 Å². The molecule has 1 rings (SSSR count). The van der Waals surface area contributed by atoms with E-state index >= 15 is 0 Å². The first kappa shape index (κ1) is 6.01. The maximum absolute atomic E-state index is 8.97. The summed E-state index contributed by atoms with van der Waals surface area (Å²) in [5.41, 5.74) is 0. The summed E-state index contributed by atoms with van der Waals surface area (Å²) >= 11 is 0. The van der Waals surface area contributed by atoms with E-state index in [9.17, 15) is 0 Å². The molecule has 1 fully saturated rings. The molecule has 1 aliphatic heterocycles. The van der Waals surface area contributed by atoms with Gasteiger partial charge in [-0.3, -0.25) is 0 Å². The number of hydrogen-bond donors (Lipinski definition) is 2. The Morgan fingerprint density at radius 1 is 1.62 bits per heavy atom. The van der Waals surface area contributed by atoms with Gasteiger partial charge in [-0.25, -0.2) is 0 Å². The molecule has 2 N–H and O–H groups in total. The van der Waals surface area contributed by atoms with E-state index in [0.29, 0.717) is 13.0 Å². The lowest BCUT2D eigenvalue weighted by Crippen LogP contribution is -2.28. The van der Waals surface area contributed by atoms with Crippen LogP contribution < -0.4 is 0 Å². The Morgan fingerprint density at radius 3 is 2.38 bits per heavy atom. The molecule has 0 spiro atoms. The van der Waals surface area contributed by atoms with E-state index < -0.39 is 0 Å². The summed E-state index contributed by atoms with van der Waals surface area (Å²) in [4.78, 5) is 0. The van der Waals surface area contributed by atoms with Crippen LogP contribution in [0.2, 0.25) is 0 Å². The highest BCUT2D eigenvalue weighted by Crippen LogP contribution is 2.13. The zero-order valence-corrected chi connectivity index (χ0v) is 4.91. The second-order valence-electron chi connectivity index (χ2n) is 2.26. The van der Waals surface area contributed by atoms with Gasteiger partial charge in [0, 0.05) is 6.54 Å². The summed E-state index contributed by atoms with van der Waals surface area (Å²) in [5, 5.41) is 19.0. The minimum absolute atomic E-state index is 0.0741. The summed E-state index contributed by atoms with van der Waals surface area (Å²) in [6.45, 7) is 2.40. The first-order valence-electron chi connectivity index (χ1n) is 2.85. The molecule has 2 atom stereocenters. The van der Waals surface area contributed by atoms with Crippen molar-refractivity contribution in [3.05, 3.63) is 0 Å². The van der Waals surface area contributed by atoms with Crippen LogP contribution in [0.5, 0.6) is 0 Å². The molecule has 0 amide bonds. The van der Waals surface area contributed by atoms with Crippen LogP contribution in [0.3, 0.4) is 0 Å². The monoisotopic (exact) mass is 117 g/mol. The maximum Gasteiger partial charge on any atom is 0.0729 e. The fourth-order valence-corrected chi connectivity index (χ4v) is 0.908. The average molecular weight is 117 g/mol. The van der Waals surface area contributed by atoms with Crippen molar-refractivity contribution in [1.29, 1.82) is 0 Å². The molecular weight excluding hydrogens is 106 g/mol. The standard InChI is InChI=1S/C5H11NO2/c1-4-5(7)2-3-6(4)8/h4-5,7-8H,2-3H2,1H3. The molecule has 0 saturated carbocycles. The van der Waals surface area contributed by atoms with Gasteiger partial charge in [-0.1, -0.05) is 0 Å². The molecule has 2 unspecified atom stereocenters. The highest BCUT2D eigenvalue weighted by atomic mass is 16.5. The van der Waals surface area contributed by atoms with Gasteiger partial charge in [0.1, 0.15) is 0 Å². The first-order valence-corrected chi connectivity index (χ1v) is 2.85. The van der Waals surface area contributed by atoms with Gasteiger partial charge < -0.3 is 10.3 Å². The molecule has 0 aromatic carbocycles. The lowest BCUT2D eigenvalue weighted by Gasteiger charge is -2.13. The molecule has 0 radical (unpaired) electrons. The van der Waals surface area contributed by atoms with Gasteiger partial charge in [0.25, 0.3) is 0 Å². The van der Waals surface area contributed by atoms with Crippen molar-refractivity contribution >= 4 is 0 Å². The predicted octanol–water partition coefficient (Wildman–Crippen LogP) is -0.169. The summed E-state index contributed by atoms with van der Waals surface area (Å²) in [5.74, 6) is 0. The van der Waals surface area contributed by atoms with Crippen LogP contribution in [0.1, 0.15) is 13.3 Å². The second kappa shape index (κ2) is 2.01. The number of aliphatic hydroxyl groups is 1. The highest BCUT2D eigenvalue weighted by molar-refractivity contribution is 4.77. The van der Waals surface area contributed by atoms with Crippen molar-refractivity contribution in [1.82, 2.24) is 5.06 Å². The summed E-state index contributed by atoms with van der Waals surface area (Å²) < 4.78 is 0. The van der Waals surface area contributed by atoms with E-state index in [2.05, 4.69) is 0 Å². The Kier molecular flexibility index (Phi) is 1.51. The van der Waals surface area contributed by atoms with Crippen molar-refractivity contribution in [2.75, 3.05) is 6.54 Å². The Bertz CT molecular complexity index is 76.5. The number of nitrogens with zero attached hydrogens (tertiary/aromatic N) is 1. The fourth-order valence-electron chi connectivity index (χ4n) is 0.908. The second-order valence-corrected chi connectivity index (χ2v) is 2.26. The van der Waals surface area contributed by atoms with Gasteiger partial charge in [0.2, 0.25) is 0 Å². The van der Waals surface area contributed by atoms with Gasteiger partial charge >= 0.3 is 0 Å². The Hall–Kier alpha value is -0.120. The molecule has 1 heterocycles. The van der Waals surface area contributed by atoms with Gasteiger partial charge in [-0.2, -0.15) is 5.06 Å². The van der Waals surface area contributed by atoms with Crippen molar-refractivity contribution < 1.29 is 10.3 Å². The topological polar surface area (TPSA) is 43.7 Å².